The zero-order valence-corrected chi connectivity index (χ0v) is 19.1. The number of hydrogen-bond donors (Lipinski definition) is 2. The third-order valence-electron chi connectivity index (χ3n) is 5.32. The fraction of sp³-hybridized carbons (Fsp3) is 0.348. The first-order chi connectivity index (χ1) is 14.9. The van der Waals surface area contributed by atoms with Crippen LogP contribution in [0, 0.1) is 0 Å². The first-order valence-corrected chi connectivity index (χ1v) is 11.6. The normalized spacial score (nSPS) is 14.8. The third kappa shape index (κ3) is 4.99. The van der Waals surface area contributed by atoms with Gasteiger partial charge in [-0.2, -0.15) is 0 Å². The summed E-state index contributed by atoms with van der Waals surface area (Å²) < 4.78 is 1.14. The van der Waals surface area contributed by atoms with E-state index in [2.05, 4.69) is 10.6 Å². The molecule has 1 saturated heterocycles. The molecule has 0 saturated carbocycles. The van der Waals surface area contributed by atoms with Crippen LogP contribution >= 0.6 is 22.9 Å². The number of aromatic nitrogens is 1. The number of nitrogens with zero attached hydrogens (tertiary/aromatic N) is 2. The highest BCUT2D eigenvalue weighted by Gasteiger charge is 2.27. The van der Waals surface area contributed by atoms with Crippen molar-refractivity contribution in [3.63, 3.8) is 0 Å². The molecule has 1 aliphatic rings. The SMILES string of the molecule is CC(C)NC(=O)Nc1ccccc1C(=O)N1CCC(c2nc3cc(Cl)ccc3s2)CC1. The van der Waals surface area contributed by atoms with Crippen LogP contribution in [0.2, 0.25) is 5.02 Å². The average molecular weight is 457 g/mol. The molecule has 0 bridgehead atoms. The molecule has 162 valence electrons. The third-order valence-corrected chi connectivity index (χ3v) is 6.76. The summed E-state index contributed by atoms with van der Waals surface area (Å²) in [4.78, 5) is 31.9. The highest BCUT2D eigenvalue weighted by molar-refractivity contribution is 7.18. The van der Waals surface area contributed by atoms with Gasteiger partial charge in [-0.15, -0.1) is 11.3 Å². The lowest BCUT2D eigenvalue weighted by Gasteiger charge is -2.31. The molecule has 8 heteroatoms. The van der Waals surface area contributed by atoms with Gasteiger partial charge in [0.2, 0.25) is 0 Å². The van der Waals surface area contributed by atoms with Crippen LogP contribution in [-0.4, -0.2) is 41.0 Å². The average Bonchev–Trinajstić information content (AvgIpc) is 3.16. The Morgan fingerprint density at radius 3 is 2.65 bits per heavy atom. The summed E-state index contributed by atoms with van der Waals surface area (Å²) in [5.41, 5.74) is 1.97. The number of carbonyl (C=O) groups is 2. The molecule has 0 atom stereocenters. The molecule has 31 heavy (non-hydrogen) atoms. The molecular weight excluding hydrogens is 432 g/mol. The van der Waals surface area contributed by atoms with E-state index in [1.54, 1.807) is 23.5 Å². The van der Waals surface area contributed by atoms with Crippen LogP contribution in [-0.2, 0) is 0 Å². The molecule has 0 radical (unpaired) electrons. The summed E-state index contributed by atoms with van der Waals surface area (Å²) in [5.74, 6) is 0.278. The van der Waals surface area contributed by atoms with Gasteiger partial charge in [0.1, 0.15) is 0 Å². The number of hydrogen-bond acceptors (Lipinski definition) is 4. The topological polar surface area (TPSA) is 74.3 Å². The molecule has 2 N–H and O–H groups in total. The van der Waals surface area contributed by atoms with E-state index < -0.39 is 0 Å². The standard InChI is InChI=1S/C23H25ClN4O2S/c1-14(2)25-23(30)27-18-6-4-3-5-17(18)22(29)28-11-9-15(10-12-28)21-26-19-13-16(24)7-8-20(19)31-21/h3-8,13-15H,9-12H2,1-2H3,(H2,25,27,30). The van der Waals surface area contributed by atoms with Crippen molar-refractivity contribution in [1.82, 2.24) is 15.2 Å². The highest BCUT2D eigenvalue weighted by Crippen LogP contribution is 2.35. The van der Waals surface area contributed by atoms with Gasteiger partial charge in [-0.05, 0) is 57.0 Å². The van der Waals surface area contributed by atoms with Crippen LogP contribution in [0.25, 0.3) is 10.2 Å². The van der Waals surface area contributed by atoms with Crippen LogP contribution < -0.4 is 10.6 Å². The molecule has 1 aliphatic heterocycles. The molecule has 2 aromatic carbocycles. The number of nitrogens with one attached hydrogen (secondary N) is 2. The molecule has 0 spiro atoms. The number of piperidine rings is 1. The molecule has 3 amide bonds. The zero-order valence-electron chi connectivity index (χ0n) is 17.5. The number of likely N-dealkylation sites (tertiary alicyclic amines) is 1. The molecule has 0 aliphatic carbocycles. The van der Waals surface area contributed by atoms with Crippen LogP contribution in [0.1, 0.15) is 48.0 Å². The maximum absolute atomic E-state index is 13.2. The van der Waals surface area contributed by atoms with Gasteiger partial charge in [-0.25, -0.2) is 9.78 Å². The zero-order chi connectivity index (χ0) is 22.0. The van der Waals surface area contributed by atoms with Crippen molar-refractivity contribution in [2.75, 3.05) is 18.4 Å². The van der Waals surface area contributed by atoms with Crippen molar-refractivity contribution in [1.29, 1.82) is 0 Å². The maximum Gasteiger partial charge on any atom is 0.319 e. The summed E-state index contributed by atoms with van der Waals surface area (Å²) in [6.07, 6.45) is 1.73. The minimum absolute atomic E-state index is 0.0143. The second kappa shape index (κ2) is 9.24. The van der Waals surface area contributed by atoms with Gasteiger partial charge in [0.15, 0.2) is 0 Å². The molecule has 0 unspecified atom stereocenters. The van der Waals surface area contributed by atoms with Gasteiger partial charge in [-0.1, -0.05) is 23.7 Å². The van der Waals surface area contributed by atoms with Crippen molar-refractivity contribution in [2.24, 2.45) is 0 Å². The van der Waals surface area contributed by atoms with E-state index in [0.29, 0.717) is 35.3 Å². The molecule has 3 aromatic rings. The Bertz CT molecular complexity index is 1110. The smallest absolute Gasteiger partial charge is 0.319 e. The molecule has 6 nitrogen and oxygen atoms in total. The largest absolute Gasteiger partial charge is 0.339 e. The minimum atomic E-state index is -0.315. The van der Waals surface area contributed by atoms with Gasteiger partial charge >= 0.3 is 6.03 Å². The first-order valence-electron chi connectivity index (χ1n) is 10.4. The van der Waals surface area contributed by atoms with Crippen LogP contribution in [0.5, 0.6) is 0 Å². The Kier molecular flexibility index (Phi) is 6.43. The van der Waals surface area contributed by atoms with Gasteiger partial charge in [0.25, 0.3) is 5.91 Å². The van der Waals surface area contributed by atoms with Crippen LogP contribution in [0.4, 0.5) is 10.5 Å². The van der Waals surface area contributed by atoms with E-state index >= 15 is 0 Å². The minimum Gasteiger partial charge on any atom is -0.339 e. The van der Waals surface area contributed by atoms with E-state index in [-0.39, 0.29) is 18.0 Å². The Morgan fingerprint density at radius 2 is 1.90 bits per heavy atom. The summed E-state index contributed by atoms with van der Waals surface area (Å²) in [5, 5.41) is 7.39. The number of para-hydroxylation sites is 1. The van der Waals surface area contributed by atoms with Crippen molar-refractivity contribution < 1.29 is 9.59 Å². The predicted molar refractivity (Wildman–Crippen MR) is 126 cm³/mol. The Hall–Kier alpha value is -2.64. The number of anilines is 1. The van der Waals surface area contributed by atoms with Crippen LogP contribution in [0.3, 0.4) is 0 Å². The number of fused-ring (bicyclic) bond motifs is 1. The Morgan fingerprint density at radius 1 is 1.16 bits per heavy atom. The second-order valence-electron chi connectivity index (χ2n) is 8.03. The number of benzene rings is 2. The second-order valence-corrected chi connectivity index (χ2v) is 9.53. The first kappa shape index (κ1) is 21.6. The summed E-state index contributed by atoms with van der Waals surface area (Å²) in [6, 6.07) is 12.6. The van der Waals surface area contributed by atoms with Crippen molar-refractivity contribution >= 4 is 50.8 Å². The fourth-order valence-electron chi connectivity index (χ4n) is 3.79. The van der Waals surface area contributed by atoms with Crippen LogP contribution in [0.15, 0.2) is 42.5 Å². The quantitative estimate of drug-likeness (QED) is 0.544. The summed E-state index contributed by atoms with van der Waals surface area (Å²) in [7, 11) is 0. The number of urea groups is 1. The fourth-order valence-corrected chi connectivity index (χ4v) is 5.08. The van der Waals surface area contributed by atoms with Gasteiger partial charge in [0.05, 0.1) is 26.5 Å². The highest BCUT2D eigenvalue weighted by atomic mass is 35.5. The number of amides is 3. The summed E-state index contributed by atoms with van der Waals surface area (Å²) in [6.45, 7) is 5.10. The monoisotopic (exact) mass is 456 g/mol. The molecule has 1 aromatic heterocycles. The Balaban J connectivity index is 1.43. The summed E-state index contributed by atoms with van der Waals surface area (Å²) >= 11 is 7.79. The number of thiazole rings is 1. The predicted octanol–water partition coefficient (Wildman–Crippen LogP) is 5.50. The lowest BCUT2D eigenvalue weighted by molar-refractivity contribution is 0.0714. The number of carbonyl (C=O) groups excluding carboxylic acids is 2. The van der Waals surface area contributed by atoms with E-state index in [0.717, 1.165) is 28.1 Å². The number of halogens is 1. The van der Waals surface area contributed by atoms with Crippen molar-refractivity contribution in [2.45, 2.75) is 38.6 Å². The molecule has 4 rings (SSSR count). The van der Waals surface area contributed by atoms with Gasteiger partial charge in [-0.3, -0.25) is 4.79 Å². The lowest BCUT2D eigenvalue weighted by Crippen LogP contribution is -2.39. The van der Waals surface area contributed by atoms with E-state index in [9.17, 15) is 9.59 Å². The number of rotatable bonds is 4. The van der Waals surface area contributed by atoms with Crippen molar-refractivity contribution in [3.05, 3.63) is 58.1 Å². The van der Waals surface area contributed by atoms with Crippen molar-refractivity contribution in [3.8, 4) is 0 Å². The maximum atomic E-state index is 13.2. The van der Waals surface area contributed by atoms with Gasteiger partial charge < -0.3 is 15.5 Å². The van der Waals surface area contributed by atoms with E-state index in [1.807, 2.05) is 49.1 Å². The molecular formula is C23H25ClN4O2S. The molecule has 1 fully saturated rings. The van der Waals surface area contributed by atoms with E-state index in [1.165, 1.54) is 0 Å². The Labute approximate surface area is 190 Å². The lowest BCUT2D eigenvalue weighted by atomic mass is 9.97. The van der Waals surface area contributed by atoms with E-state index in [4.69, 9.17) is 16.6 Å². The van der Waals surface area contributed by atoms with Gasteiger partial charge in [0, 0.05) is 30.1 Å². The molecule has 2 heterocycles.